The predicted octanol–water partition coefficient (Wildman–Crippen LogP) is 3.67. The molecule has 2 heterocycles. The number of rotatable bonds is 8. The van der Waals surface area contributed by atoms with E-state index in [1.165, 1.54) is 23.0 Å². The van der Waals surface area contributed by atoms with Gasteiger partial charge in [0.05, 0.1) is 31.7 Å². The molecular formula is C26H32FN5O3S. The lowest BCUT2D eigenvalue weighted by atomic mass is 10.1. The summed E-state index contributed by atoms with van der Waals surface area (Å²) in [6, 6.07) is 10.8. The van der Waals surface area contributed by atoms with Crippen LogP contribution in [-0.4, -0.2) is 62.5 Å². The average Bonchev–Trinajstić information content (AvgIpc) is 3.28. The van der Waals surface area contributed by atoms with Gasteiger partial charge in [0.25, 0.3) is 0 Å². The zero-order chi connectivity index (χ0) is 25.5. The highest BCUT2D eigenvalue weighted by atomic mass is 32.1. The normalized spacial score (nSPS) is 14.6. The second kappa shape index (κ2) is 12.2. The highest BCUT2D eigenvalue weighted by Gasteiger charge is 2.16. The molecule has 0 unspecified atom stereocenters. The number of amides is 2. The van der Waals surface area contributed by atoms with Crippen LogP contribution in [0.4, 0.5) is 14.9 Å². The van der Waals surface area contributed by atoms with Crippen LogP contribution in [0.5, 0.6) is 5.75 Å². The molecule has 3 aromatic rings. The molecule has 4 rings (SSSR count). The Labute approximate surface area is 214 Å². The Morgan fingerprint density at radius 2 is 2.03 bits per heavy atom. The van der Waals surface area contributed by atoms with E-state index in [1.54, 1.807) is 33.2 Å². The Morgan fingerprint density at radius 1 is 1.22 bits per heavy atom. The molecule has 1 aliphatic heterocycles. The summed E-state index contributed by atoms with van der Waals surface area (Å²) in [5, 5.41) is 7.44. The maximum absolute atomic E-state index is 13.8. The fourth-order valence-electron chi connectivity index (χ4n) is 4.09. The first-order valence-corrected chi connectivity index (χ1v) is 12.8. The first kappa shape index (κ1) is 25.9. The van der Waals surface area contributed by atoms with Gasteiger partial charge in [-0.25, -0.2) is 14.2 Å². The third-order valence-electron chi connectivity index (χ3n) is 6.06. The maximum atomic E-state index is 13.8. The van der Waals surface area contributed by atoms with Crippen molar-refractivity contribution in [2.24, 2.45) is 4.99 Å². The second-order valence-corrected chi connectivity index (χ2v) is 9.37. The van der Waals surface area contributed by atoms with Gasteiger partial charge in [-0.05, 0) is 48.4 Å². The lowest BCUT2D eigenvalue weighted by molar-refractivity contribution is 0.0342. The molecule has 0 atom stereocenters. The number of thiazole rings is 1. The van der Waals surface area contributed by atoms with Crippen LogP contribution in [0.3, 0.4) is 0 Å². The monoisotopic (exact) mass is 513 g/mol. The van der Waals surface area contributed by atoms with E-state index >= 15 is 0 Å². The summed E-state index contributed by atoms with van der Waals surface area (Å²) in [5.41, 5.74) is 4.26. The molecule has 0 spiro atoms. The molecule has 8 nitrogen and oxygen atoms in total. The van der Waals surface area contributed by atoms with Gasteiger partial charge in [-0.2, -0.15) is 0 Å². The van der Waals surface area contributed by atoms with E-state index in [2.05, 4.69) is 38.3 Å². The lowest BCUT2D eigenvalue weighted by Crippen LogP contribution is -2.36. The first-order chi connectivity index (χ1) is 17.5. The van der Waals surface area contributed by atoms with Crippen LogP contribution in [0.1, 0.15) is 11.1 Å². The zero-order valence-corrected chi connectivity index (χ0v) is 21.7. The molecule has 2 amide bonds. The zero-order valence-electron chi connectivity index (χ0n) is 20.8. The van der Waals surface area contributed by atoms with Crippen molar-refractivity contribution in [1.29, 1.82) is 0 Å². The fourth-order valence-corrected chi connectivity index (χ4v) is 5.04. The topological polar surface area (TPSA) is 80.1 Å². The van der Waals surface area contributed by atoms with Crippen molar-refractivity contribution in [2.45, 2.75) is 20.0 Å². The number of nitrogens with zero attached hydrogens (tertiary/aromatic N) is 3. The van der Waals surface area contributed by atoms with Gasteiger partial charge < -0.3 is 24.7 Å². The number of benzene rings is 2. The summed E-state index contributed by atoms with van der Waals surface area (Å²) in [6.45, 7) is 6.83. The minimum Gasteiger partial charge on any atom is -0.496 e. The minimum absolute atomic E-state index is 0.245. The molecule has 1 saturated heterocycles. The van der Waals surface area contributed by atoms with E-state index in [0.717, 1.165) is 54.7 Å². The lowest BCUT2D eigenvalue weighted by Gasteiger charge is -2.26. The van der Waals surface area contributed by atoms with Gasteiger partial charge in [-0.1, -0.05) is 6.07 Å². The van der Waals surface area contributed by atoms with E-state index in [9.17, 15) is 9.18 Å². The van der Waals surface area contributed by atoms with E-state index in [1.807, 2.05) is 5.38 Å². The number of carbonyl (C=O) groups is 1. The smallest absolute Gasteiger partial charge is 0.314 e. The highest BCUT2D eigenvalue weighted by Crippen LogP contribution is 2.32. The molecule has 0 saturated carbocycles. The number of morpholine rings is 1. The standard InChI is InChI=1S/C26H32FN5O3S/c1-18-14-20(5-7-22(18)27)30-26-32(9-8-29-25(33)28-2)23(17-36-26)21-6-4-19(15-24(21)34-3)16-31-10-12-35-13-11-31/h4-7,14-15,17H,8-13,16H2,1-3H3,(H2,28,29,33). The van der Waals surface area contributed by atoms with E-state index < -0.39 is 0 Å². The summed E-state index contributed by atoms with van der Waals surface area (Å²) in [4.78, 5) is 19.6. The van der Waals surface area contributed by atoms with Gasteiger partial charge in [0.15, 0.2) is 4.80 Å². The van der Waals surface area contributed by atoms with Crippen LogP contribution >= 0.6 is 11.3 Å². The predicted molar refractivity (Wildman–Crippen MR) is 139 cm³/mol. The Kier molecular flexibility index (Phi) is 8.74. The number of aromatic nitrogens is 1. The largest absolute Gasteiger partial charge is 0.496 e. The number of nitrogens with one attached hydrogen (secondary N) is 2. The quantitative estimate of drug-likeness (QED) is 0.482. The summed E-state index contributed by atoms with van der Waals surface area (Å²) in [7, 11) is 3.26. The van der Waals surface area contributed by atoms with Gasteiger partial charge in [0.2, 0.25) is 0 Å². The first-order valence-electron chi connectivity index (χ1n) is 11.9. The number of hydrogen-bond donors (Lipinski definition) is 2. The molecule has 0 aliphatic carbocycles. The molecule has 1 aliphatic rings. The molecule has 2 N–H and O–H groups in total. The average molecular weight is 514 g/mol. The Balaban J connectivity index is 1.69. The molecule has 1 fully saturated rings. The van der Waals surface area contributed by atoms with Crippen LogP contribution in [-0.2, 0) is 17.8 Å². The molecule has 1 aromatic heterocycles. The number of aryl methyl sites for hydroxylation is 1. The molecule has 192 valence electrons. The molecule has 10 heteroatoms. The Hall–Kier alpha value is -3.21. The number of ether oxygens (including phenoxy) is 2. The van der Waals surface area contributed by atoms with E-state index in [0.29, 0.717) is 24.3 Å². The van der Waals surface area contributed by atoms with Crippen molar-refractivity contribution < 1.29 is 18.7 Å². The third kappa shape index (κ3) is 6.31. The molecule has 36 heavy (non-hydrogen) atoms. The van der Waals surface area contributed by atoms with Gasteiger partial charge in [-0.15, -0.1) is 11.3 Å². The van der Waals surface area contributed by atoms with Gasteiger partial charge in [0, 0.05) is 50.7 Å². The highest BCUT2D eigenvalue weighted by molar-refractivity contribution is 7.07. The Morgan fingerprint density at radius 3 is 2.75 bits per heavy atom. The number of carbonyl (C=O) groups excluding carboxylic acids is 1. The Bertz CT molecular complexity index is 1270. The van der Waals surface area contributed by atoms with Crippen molar-refractivity contribution in [3.63, 3.8) is 0 Å². The molecule has 0 radical (unpaired) electrons. The SMILES string of the molecule is CNC(=O)NCCn1c(-c2ccc(CN3CCOCC3)cc2OC)csc1=Nc1ccc(F)c(C)c1. The van der Waals surface area contributed by atoms with Gasteiger partial charge in [-0.3, -0.25) is 4.90 Å². The number of halogens is 1. The van der Waals surface area contributed by atoms with Crippen molar-refractivity contribution >= 4 is 23.1 Å². The van der Waals surface area contributed by atoms with Gasteiger partial charge in [0.1, 0.15) is 11.6 Å². The number of hydrogen-bond acceptors (Lipinski definition) is 6. The van der Waals surface area contributed by atoms with E-state index in [4.69, 9.17) is 14.5 Å². The minimum atomic E-state index is -0.259. The number of methoxy groups -OCH3 is 1. The van der Waals surface area contributed by atoms with Gasteiger partial charge >= 0.3 is 6.03 Å². The summed E-state index contributed by atoms with van der Waals surface area (Å²) in [5.74, 6) is 0.515. The van der Waals surface area contributed by atoms with Crippen LogP contribution < -0.4 is 20.2 Å². The summed E-state index contributed by atoms with van der Waals surface area (Å²) < 4.78 is 27.1. The van der Waals surface area contributed by atoms with Crippen molar-refractivity contribution in [3.8, 4) is 17.0 Å². The van der Waals surface area contributed by atoms with Crippen LogP contribution in [0.2, 0.25) is 0 Å². The van der Waals surface area contributed by atoms with Crippen molar-refractivity contribution in [1.82, 2.24) is 20.1 Å². The van der Waals surface area contributed by atoms with Crippen LogP contribution in [0.15, 0.2) is 46.8 Å². The van der Waals surface area contributed by atoms with Crippen LogP contribution in [0.25, 0.3) is 11.3 Å². The molecule has 2 aromatic carbocycles. The number of urea groups is 1. The van der Waals surface area contributed by atoms with Crippen molar-refractivity contribution in [3.05, 3.63) is 63.5 Å². The maximum Gasteiger partial charge on any atom is 0.314 e. The fraction of sp³-hybridized carbons (Fsp3) is 0.385. The molecule has 0 bridgehead atoms. The summed E-state index contributed by atoms with van der Waals surface area (Å²) in [6.07, 6.45) is 0. The van der Waals surface area contributed by atoms with Crippen LogP contribution in [0, 0.1) is 12.7 Å². The second-order valence-electron chi connectivity index (χ2n) is 8.53. The van der Waals surface area contributed by atoms with Crippen molar-refractivity contribution in [2.75, 3.05) is 47.0 Å². The summed E-state index contributed by atoms with van der Waals surface area (Å²) >= 11 is 1.49. The van der Waals surface area contributed by atoms with E-state index in [-0.39, 0.29) is 11.8 Å². The third-order valence-corrected chi connectivity index (χ3v) is 6.93. The molecular weight excluding hydrogens is 481 g/mol.